The first-order valence-corrected chi connectivity index (χ1v) is 5.76. The third-order valence-corrected chi connectivity index (χ3v) is 2.78. The molecule has 0 saturated heterocycles. The number of hydrogen-bond donors (Lipinski definition) is 2. The van der Waals surface area contributed by atoms with E-state index in [1.807, 2.05) is 24.3 Å². The number of methoxy groups -OCH3 is 1. The summed E-state index contributed by atoms with van der Waals surface area (Å²) in [7, 11) is 1.70. The van der Waals surface area contributed by atoms with Crippen molar-refractivity contribution in [2.75, 3.05) is 25.6 Å². The van der Waals surface area contributed by atoms with Crippen LogP contribution in [0.5, 0.6) is 0 Å². The van der Waals surface area contributed by atoms with Crippen molar-refractivity contribution >= 4 is 17.3 Å². The average Bonchev–Trinajstić information content (AvgIpc) is 2.26. The number of benzene rings is 1. The smallest absolute Gasteiger partial charge is 0.0507 e. The summed E-state index contributed by atoms with van der Waals surface area (Å²) in [5, 5.41) is 4.09. The molecule has 0 aliphatic rings. The van der Waals surface area contributed by atoms with Crippen LogP contribution in [-0.4, -0.2) is 26.3 Å². The molecule has 16 heavy (non-hydrogen) atoms. The van der Waals surface area contributed by atoms with Crippen LogP contribution in [0.25, 0.3) is 0 Å². The van der Waals surface area contributed by atoms with Gasteiger partial charge in [0.1, 0.15) is 0 Å². The van der Waals surface area contributed by atoms with Crippen molar-refractivity contribution in [2.45, 2.75) is 13.0 Å². The van der Waals surface area contributed by atoms with Crippen LogP contribution in [0.4, 0.5) is 5.69 Å². The van der Waals surface area contributed by atoms with Gasteiger partial charge < -0.3 is 15.8 Å². The Morgan fingerprint density at radius 3 is 2.81 bits per heavy atom. The molecule has 0 aliphatic carbocycles. The summed E-state index contributed by atoms with van der Waals surface area (Å²) < 4.78 is 5.13. The molecular weight excluding hydrogens is 224 g/mol. The lowest BCUT2D eigenvalue weighted by Gasteiger charge is -2.24. The number of nitrogens with one attached hydrogen (secondary N) is 1. The number of ether oxygens (including phenoxy) is 1. The molecule has 1 aromatic carbocycles. The van der Waals surface area contributed by atoms with Crippen LogP contribution in [0.3, 0.4) is 0 Å². The number of hydrogen-bond acceptors (Lipinski definition) is 3. The fourth-order valence-corrected chi connectivity index (χ4v) is 1.80. The van der Waals surface area contributed by atoms with Crippen molar-refractivity contribution in [1.82, 2.24) is 0 Å². The van der Waals surface area contributed by atoms with Gasteiger partial charge in [-0.2, -0.15) is 0 Å². The van der Waals surface area contributed by atoms with Crippen LogP contribution in [0.2, 0.25) is 5.02 Å². The minimum Gasteiger partial charge on any atom is -0.384 e. The fraction of sp³-hybridized carbons (Fsp3) is 0.500. The summed E-state index contributed by atoms with van der Waals surface area (Å²) in [6.07, 6.45) is 0. The Hall–Kier alpha value is -0.770. The van der Waals surface area contributed by atoms with E-state index in [4.69, 9.17) is 22.1 Å². The molecule has 2 atom stereocenters. The van der Waals surface area contributed by atoms with Gasteiger partial charge in [0.15, 0.2) is 0 Å². The molecule has 3 N–H and O–H groups in total. The van der Waals surface area contributed by atoms with Crippen LogP contribution in [0.1, 0.15) is 6.92 Å². The molecule has 0 fully saturated rings. The third kappa shape index (κ3) is 4.00. The van der Waals surface area contributed by atoms with Crippen LogP contribution >= 0.6 is 11.6 Å². The van der Waals surface area contributed by atoms with Gasteiger partial charge in [0, 0.05) is 36.3 Å². The molecule has 1 aromatic rings. The van der Waals surface area contributed by atoms with Crippen molar-refractivity contribution in [2.24, 2.45) is 11.7 Å². The molecule has 1 rings (SSSR count). The van der Waals surface area contributed by atoms with Gasteiger partial charge in [0.2, 0.25) is 0 Å². The summed E-state index contributed by atoms with van der Waals surface area (Å²) in [5.74, 6) is 0.356. The van der Waals surface area contributed by atoms with E-state index in [0.29, 0.717) is 19.1 Å². The first-order valence-electron chi connectivity index (χ1n) is 5.38. The maximum atomic E-state index is 5.92. The Labute approximate surface area is 102 Å². The summed E-state index contributed by atoms with van der Waals surface area (Å²) in [6, 6.07) is 7.83. The van der Waals surface area contributed by atoms with Crippen LogP contribution < -0.4 is 11.1 Å². The normalized spacial score (nSPS) is 14.5. The molecular formula is C12H19ClN2O. The van der Waals surface area contributed by atoms with Crippen LogP contribution in [-0.2, 0) is 4.74 Å². The SMILES string of the molecule is COCC(C)C(CN)Nc1cccc(Cl)c1. The van der Waals surface area contributed by atoms with E-state index in [1.165, 1.54) is 0 Å². The zero-order valence-corrected chi connectivity index (χ0v) is 10.5. The molecule has 90 valence electrons. The maximum Gasteiger partial charge on any atom is 0.0507 e. The highest BCUT2D eigenvalue weighted by molar-refractivity contribution is 6.30. The molecule has 3 nitrogen and oxygen atoms in total. The van der Waals surface area contributed by atoms with Gasteiger partial charge >= 0.3 is 0 Å². The molecule has 0 spiro atoms. The molecule has 0 aliphatic heterocycles. The van der Waals surface area contributed by atoms with Gasteiger partial charge in [0.05, 0.1) is 6.61 Å². The lowest BCUT2D eigenvalue weighted by atomic mass is 10.0. The van der Waals surface area contributed by atoms with E-state index in [0.717, 1.165) is 10.7 Å². The average molecular weight is 243 g/mol. The molecule has 0 saturated carbocycles. The zero-order valence-electron chi connectivity index (χ0n) is 9.74. The van der Waals surface area contributed by atoms with E-state index in [2.05, 4.69) is 12.2 Å². The number of nitrogens with two attached hydrogens (primary N) is 1. The van der Waals surface area contributed by atoms with Crippen molar-refractivity contribution in [3.8, 4) is 0 Å². The minimum absolute atomic E-state index is 0.193. The highest BCUT2D eigenvalue weighted by atomic mass is 35.5. The predicted octanol–water partition coefficient (Wildman–Crippen LogP) is 2.36. The molecule has 0 heterocycles. The largest absolute Gasteiger partial charge is 0.384 e. The highest BCUT2D eigenvalue weighted by Crippen LogP contribution is 2.17. The summed E-state index contributed by atoms with van der Waals surface area (Å²) >= 11 is 5.92. The molecule has 4 heteroatoms. The Kier molecular flexibility index (Phi) is 5.60. The summed E-state index contributed by atoms with van der Waals surface area (Å²) in [4.78, 5) is 0. The second-order valence-corrected chi connectivity index (χ2v) is 4.37. The first-order chi connectivity index (χ1) is 7.67. The number of rotatable bonds is 6. The van der Waals surface area contributed by atoms with Gasteiger partial charge in [-0.05, 0) is 18.2 Å². The van der Waals surface area contributed by atoms with Crippen LogP contribution in [0, 0.1) is 5.92 Å². The van der Waals surface area contributed by atoms with Crippen molar-refractivity contribution in [1.29, 1.82) is 0 Å². The van der Waals surface area contributed by atoms with E-state index >= 15 is 0 Å². The first kappa shape index (κ1) is 13.3. The Morgan fingerprint density at radius 1 is 1.50 bits per heavy atom. The molecule has 0 radical (unpaired) electrons. The Morgan fingerprint density at radius 2 is 2.25 bits per heavy atom. The quantitative estimate of drug-likeness (QED) is 0.805. The molecule has 0 bridgehead atoms. The minimum atomic E-state index is 0.193. The molecule has 2 unspecified atom stereocenters. The van der Waals surface area contributed by atoms with Crippen molar-refractivity contribution in [3.05, 3.63) is 29.3 Å². The molecule has 0 amide bonds. The standard InChI is InChI=1S/C12H19ClN2O/c1-9(8-16-2)12(7-14)15-11-5-3-4-10(13)6-11/h3-6,9,12,15H,7-8,14H2,1-2H3. The van der Waals surface area contributed by atoms with E-state index in [-0.39, 0.29) is 6.04 Å². The monoisotopic (exact) mass is 242 g/mol. The topological polar surface area (TPSA) is 47.3 Å². The summed E-state index contributed by atoms with van der Waals surface area (Å²) in [6.45, 7) is 3.37. The summed E-state index contributed by atoms with van der Waals surface area (Å²) in [5.41, 5.74) is 6.73. The Balaban J connectivity index is 2.62. The van der Waals surface area contributed by atoms with Crippen molar-refractivity contribution in [3.63, 3.8) is 0 Å². The number of halogens is 1. The van der Waals surface area contributed by atoms with Gasteiger partial charge in [-0.1, -0.05) is 24.6 Å². The number of anilines is 1. The van der Waals surface area contributed by atoms with Crippen LogP contribution in [0.15, 0.2) is 24.3 Å². The molecule has 0 aromatic heterocycles. The Bertz CT molecular complexity index is 320. The maximum absolute atomic E-state index is 5.92. The van der Waals surface area contributed by atoms with Gasteiger partial charge in [-0.3, -0.25) is 0 Å². The van der Waals surface area contributed by atoms with E-state index in [9.17, 15) is 0 Å². The lowest BCUT2D eigenvalue weighted by molar-refractivity contribution is 0.151. The van der Waals surface area contributed by atoms with Gasteiger partial charge in [-0.25, -0.2) is 0 Å². The zero-order chi connectivity index (χ0) is 12.0. The predicted molar refractivity (Wildman–Crippen MR) is 69.0 cm³/mol. The van der Waals surface area contributed by atoms with E-state index < -0.39 is 0 Å². The highest BCUT2D eigenvalue weighted by Gasteiger charge is 2.15. The fourth-order valence-electron chi connectivity index (χ4n) is 1.60. The second kappa shape index (κ2) is 6.74. The van der Waals surface area contributed by atoms with E-state index in [1.54, 1.807) is 7.11 Å². The van der Waals surface area contributed by atoms with Gasteiger partial charge in [0.25, 0.3) is 0 Å². The van der Waals surface area contributed by atoms with Crippen molar-refractivity contribution < 1.29 is 4.74 Å². The lowest BCUT2D eigenvalue weighted by Crippen LogP contribution is -2.37. The third-order valence-electron chi connectivity index (χ3n) is 2.55. The second-order valence-electron chi connectivity index (χ2n) is 3.93. The van der Waals surface area contributed by atoms with Gasteiger partial charge in [-0.15, -0.1) is 0 Å².